The summed E-state index contributed by atoms with van der Waals surface area (Å²) in [5.41, 5.74) is 0.626. The molecule has 0 aliphatic heterocycles. The lowest BCUT2D eigenvalue weighted by atomic mass is 10.2. The summed E-state index contributed by atoms with van der Waals surface area (Å²) >= 11 is 0. The van der Waals surface area contributed by atoms with Gasteiger partial charge < -0.3 is 15.5 Å². The Morgan fingerprint density at radius 3 is 2.71 bits per heavy atom. The number of hydrogen-bond donors (Lipinski definition) is 3. The standard InChI is InChI=1S/C9H9NO4/c11-5-6-1-2-7(3-8(6)12)10-4-9(13)14/h1-3,5,10,12H,4H2,(H,13,14). The van der Waals surface area contributed by atoms with Crippen molar-refractivity contribution in [2.75, 3.05) is 11.9 Å². The van der Waals surface area contributed by atoms with Gasteiger partial charge in [-0.15, -0.1) is 0 Å². The van der Waals surface area contributed by atoms with Crippen LogP contribution in [0.5, 0.6) is 5.75 Å². The van der Waals surface area contributed by atoms with Crippen LogP contribution in [-0.4, -0.2) is 29.0 Å². The third-order valence-electron chi connectivity index (χ3n) is 1.60. The van der Waals surface area contributed by atoms with E-state index in [-0.39, 0.29) is 17.9 Å². The minimum Gasteiger partial charge on any atom is -0.507 e. The highest BCUT2D eigenvalue weighted by Crippen LogP contribution is 2.19. The summed E-state index contributed by atoms with van der Waals surface area (Å²) in [6, 6.07) is 4.23. The van der Waals surface area contributed by atoms with Crippen molar-refractivity contribution < 1.29 is 19.8 Å². The Morgan fingerprint density at radius 1 is 1.50 bits per heavy atom. The number of phenols is 1. The number of carboxylic acids is 1. The third kappa shape index (κ3) is 2.48. The third-order valence-corrected chi connectivity index (χ3v) is 1.60. The lowest BCUT2D eigenvalue weighted by Crippen LogP contribution is -2.12. The second kappa shape index (κ2) is 4.27. The van der Waals surface area contributed by atoms with Gasteiger partial charge in [-0.05, 0) is 12.1 Å². The highest BCUT2D eigenvalue weighted by molar-refractivity contribution is 5.81. The molecule has 0 atom stereocenters. The molecule has 5 heteroatoms. The SMILES string of the molecule is O=Cc1ccc(NCC(=O)O)cc1O. The minimum atomic E-state index is -0.996. The van der Waals surface area contributed by atoms with Gasteiger partial charge in [-0.1, -0.05) is 0 Å². The summed E-state index contributed by atoms with van der Waals surface area (Å²) in [7, 11) is 0. The van der Waals surface area contributed by atoms with E-state index in [0.29, 0.717) is 12.0 Å². The molecular weight excluding hydrogens is 186 g/mol. The van der Waals surface area contributed by atoms with E-state index in [1.54, 1.807) is 0 Å². The lowest BCUT2D eigenvalue weighted by Gasteiger charge is -2.04. The first kappa shape index (κ1) is 10.0. The molecule has 0 bridgehead atoms. The molecule has 0 aromatic heterocycles. The van der Waals surface area contributed by atoms with Crippen molar-refractivity contribution in [3.8, 4) is 5.75 Å². The molecule has 14 heavy (non-hydrogen) atoms. The minimum absolute atomic E-state index is 0.171. The van der Waals surface area contributed by atoms with E-state index >= 15 is 0 Å². The number of anilines is 1. The second-order valence-corrected chi connectivity index (χ2v) is 2.64. The Kier molecular flexibility index (Phi) is 3.06. The largest absolute Gasteiger partial charge is 0.507 e. The van der Waals surface area contributed by atoms with Crippen LogP contribution < -0.4 is 5.32 Å². The van der Waals surface area contributed by atoms with E-state index in [9.17, 15) is 14.7 Å². The Balaban J connectivity index is 2.76. The number of benzene rings is 1. The maximum absolute atomic E-state index is 10.3. The van der Waals surface area contributed by atoms with E-state index in [1.807, 2.05) is 0 Å². The average molecular weight is 195 g/mol. The first-order chi connectivity index (χ1) is 6.63. The van der Waals surface area contributed by atoms with Gasteiger partial charge in [0.2, 0.25) is 0 Å². The van der Waals surface area contributed by atoms with Crippen LogP contribution in [0.25, 0.3) is 0 Å². The fraction of sp³-hybridized carbons (Fsp3) is 0.111. The fourth-order valence-corrected chi connectivity index (χ4v) is 0.931. The molecule has 5 nitrogen and oxygen atoms in total. The molecule has 0 unspecified atom stereocenters. The maximum atomic E-state index is 10.3. The van der Waals surface area contributed by atoms with Gasteiger partial charge in [0.1, 0.15) is 12.3 Å². The molecule has 1 rings (SSSR count). The van der Waals surface area contributed by atoms with Crippen molar-refractivity contribution in [2.24, 2.45) is 0 Å². The van der Waals surface area contributed by atoms with Crippen LogP contribution in [0.4, 0.5) is 5.69 Å². The number of carbonyl (C=O) groups is 2. The Hall–Kier alpha value is -2.04. The number of phenolic OH excluding ortho intramolecular Hbond substituents is 1. The van der Waals surface area contributed by atoms with Crippen molar-refractivity contribution in [1.29, 1.82) is 0 Å². The Labute approximate surface area is 80.0 Å². The molecule has 0 saturated heterocycles. The van der Waals surface area contributed by atoms with E-state index in [1.165, 1.54) is 18.2 Å². The van der Waals surface area contributed by atoms with Crippen molar-refractivity contribution in [1.82, 2.24) is 0 Å². The summed E-state index contributed by atoms with van der Waals surface area (Å²) in [5.74, 6) is -1.17. The molecule has 1 aromatic carbocycles. The average Bonchev–Trinajstić information content (AvgIpc) is 2.15. The zero-order valence-corrected chi connectivity index (χ0v) is 7.23. The maximum Gasteiger partial charge on any atom is 0.322 e. The lowest BCUT2D eigenvalue weighted by molar-refractivity contribution is -0.134. The van der Waals surface area contributed by atoms with Crippen LogP contribution in [0.15, 0.2) is 18.2 Å². The predicted molar refractivity (Wildman–Crippen MR) is 49.6 cm³/mol. The van der Waals surface area contributed by atoms with E-state index in [0.717, 1.165) is 0 Å². The normalized spacial score (nSPS) is 9.43. The molecule has 0 amide bonds. The van der Waals surface area contributed by atoms with Gasteiger partial charge in [0.15, 0.2) is 6.29 Å². The summed E-state index contributed by atoms with van der Waals surface area (Å²) in [6.45, 7) is -0.236. The molecule has 0 spiro atoms. The van der Waals surface area contributed by atoms with Crippen molar-refractivity contribution in [3.63, 3.8) is 0 Å². The Bertz CT molecular complexity index is 362. The first-order valence-electron chi connectivity index (χ1n) is 3.87. The van der Waals surface area contributed by atoms with Crippen LogP contribution in [0.1, 0.15) is 10.4 Å². The number of carbonyl (C=O) groups excluding carboxylic acids is 1. The van der Waals surface area contributed by atoms with Gasteiger partial charge >= 0.3 is 5.97 Å². The van der Waals surface area contributed by atoms with Crippen molar-refractivity contribution in [2.45, 2.75) is 0 Å². The summed E-state index contributed by atoms with van der Waals surface area (Å²) in [5, 5.41) is 20.2. The molecule has 3 N–H and O–H groups in total. The molecule has 0 radical (unpaired) electrons. The van der Waals surface area contributed by atoms with Crippen LogP contribution >= 0.6 is 0 Å². The van der Waals surface area contributed by atoms with Crippen molar-refractivity contribution in [3.05, 3.63) is 23.8 Å². The van der Waals surface area contributed by atoms with Gasteiger partial charge in [0.25, 0.3) is 0 Å². The smallest absolute Gasteiger partial charge is 0.322 e. The first-order valence-corrected chi connectivity index (χ1v) is 3.87. The molecule has 0 aliphatic carbocycles. The van der Waals surface area contributed by atoms with Crippen molar-refractivity contribution >= 4 is 17.9 Å². The number of aliphatic carboxylic acids is 1. The van der Waals surface area contributed by atoms with Gasteiger partial charge in [-0.2, -0.15) is 0 Å². The van der Waals surface area contributed by atoms with Crippen LogP contribution in [0, 0.1) is 0 Å². The van der Waals surface area contributed by atoms with Gasteiger partial charge in [0.05, 0.1) is 5.56 Å². The fourth-order valence-electron chi connectivity index (χ4n) is 0.931. The van der Waals surface area contributed by atoms with Gasteiger partial charge in [0, 0.05) is 11.8 Å². The zero-order valence-electron chi connectivity index (χ0n) is 7.23. The molecular formula is C9H9NO4. The number of nitrogens with one attached hydrogen (secondary N) is 1. The summed E-state index contributed by atoms with van der Waals surface area (Å²) in [6.07, 6.45) is 0.524. The van der Waals surface area contributed by atoms with Crippen LogP contribution in [0.2, 0.25) is 0 Å². The Morgan fingerprint density at radius 2 is 2.21 bits per heavy atom. The molecule has 74 valence electrons. The monoisotopic (exact) mass is 195 g/mol. The van der Waals surface area contributed by atoms with Crippen LogP contribution in [-0.2, 0) is 4.79 Å². The molecule has 1 aromatic rings. The zero-order chi connectivity index (χ0) is 10.6. The topological polar surface area (TPSA) is 86.6 Å². The number of hydrogen-bond acceptors (Lipinski definition) is 4. The van der Waals surface area contributed by atoms with E-state index in [2.05, 4.69) is 5.32 Å². The summed E-state index contributed by atoms with van der Waals surface area (Å²) in [4.78, 5) is 20.5. The number of aromatic hydroxyl groups is 1. The molecule has 0 fully saturated rings. The number of rotatable bonds is 4. The van der Waals surface area contributed by atoms with Gasteiger partial charge in [-0.25, -0.2) is 0 Å². The van der Waals surface area contributed by atoms with E-state index in [4.69, 9.17) is 5.11 Å². The second-order valence-electron chi connectivity index (χ2n) is 2.64. The highest BCUT2D eigenvalue weighted by atomic mass is 16.4. The van der Waals surface area contributed by atoms with Gasteiger partial charge in [-0.3, -0.25) is 9.59 Å². The molecule has 0 heterocycles. The predicted octanol–water partition coefficient (Wildman–Crippen LogP) is 0.701. The molecule has 0 saturated carbocycles. The number of carboxylic acid groups (broad SMARTS) is 1. The molecule has 0 aliphatic rings. The quantitative estimate of drug-likeness (QED) is 0.615. The van der Waals surface area contributed by atoms with Crippen LogP contribution in [0.3, 0.4) is 0 Å². The number of aldehydes is 1. The highest BCUT2D eigenvalue weighted by Gasteiger charge is 2.02. The summed E-state index contributed by atoms with van der Waals surface area (Å²) < 4.78 is 0. The van der Waals surface area contributed by atoms with E-state index < -0.39 is 5.97 Å².